The number of rotatable bonds is 15. The summed E-state index contributed by atoms with van der Waals surface area (Å²) in [5, 5.41) is 30.5. The van der Waals surface area contributed by atoms with Crippen molar-refractivity contribution >= 4 is 25.9 Å². The molecule has 4 heterocycles. The maximum absolute atomic E-state index is 12.1. The Morgan fingerprint density at radius 2 is 1.09 bits per heavy atom. The summed E-state index contributed by atoms with van der Waals surface area (Å²) in [4.78, 5) is 46.0. The number of aliphatic hydroxyl groups is 3. The third-order valence-electron chi connectivity index (χ3n) is 7.53. The first-order valence-corrected chi connectivity index (χ1v) is 16.3. The Morgan fingerprint density at radius 1 is 0.721 bits per heavy atom. The number of β-amino-alcohol motifs (C(OH)–C–C–N with tert-alkyl or cyclic N) is 1. The molecule has 17 nitrogen and oxygen atoms in total. The van der Waals surface area contributed by atoms with Gasteiger partial charge in [0.05, 0.1) is 27.9 Å². The van der Waals surface area contributed by atoms with Crippen molar-refractivity contribution in [3.05, 3.63) is 0 Å². The van der Waals surface area contributed by atoms with Crippen molar-refractivity contribution in [3.63, 3.8) is 0 Å². The summed E-state index contributed by atoms with van der Waals surface area (Å²) >= 11 is 0. The zero-order chi connectivity index (χ0) is 31.4. The van der Waals surface area contributed by atoms with Crippen LogP contribution in [0.2, 0.25) is 0 Å². The molecule has 2 unspecified atom stereocenters. The number of esters is 3. The number of ether oxygens (including phenoxy) is 3. The monoisotopic (exact) mass is 641 g/mol. The molecule has 0 radical (unpaired) electrons. The molecular weight excluding hydrogens is 593 g/mol. The molecule has 0 amide bonds. The van der Waals surface area contributed by atoms with Gasteiger partial charge in [-0.25, -0.2) is 0 Å². The van der Waals surface area contributed by atoms with Crippen LogP contribution in [0.25, 0.3) is 0 Å². The van der Waals surface area contributed by atoms with E-state index in [-0.39, 0.29) is 63.5 Å². The minimum absolute atomic E-state index is 0.0634. The Morgan fingerprint density at radius 3 is 1.42 bits per heavy atom. The predicted molar refractivity (Wildman–Crippen MR) is 153 cm³/mol. The standard InChI is InChI=1S/C25H48N5O12P/c1-37-22(34)15-27-6-4-26(12-20(32)13-30(14-21(33)18-31)19-43-40-25(41-43)42-43)5-7-28(16-23(35)38-2)9-11-29(10-8-27)17-24(36)39-3/h20-21,25,31-33,43H,4-19H2,1-3H3. The second kappa shape index (κ2) is 17.8. The number of nitrogens with zero attached hydrogens (tertiary/aromatic N) is 5. The van der Waals surface area contributed by atoms with E-state index < -0.39 is 33.2 Å². The second-order valence-corrected chi connectivity index (χ2v) is 13.3. The van der Waals surface area contributed by atoms with Crippen molar-refractivity contribution in [1.29, 1.82) is 0 Å². The Balaban J connectivity index is 1.69. The molecule has 4 rings (SSSR count). The molecule has 0 aromatic heterocycles. The number of aliphatic hydroxyl groups excluding tert-OH is 3. The summed E-state index contributed by atoms with van der Waals surface area (Å²) in [6.07, 6.45) is -1.58. The van der Waals surface area contributed by atoms with Gasteiger partial charge in [0, 0.05) is 0 Å². The molecule has 4 aliphatic rings. The van der Waals surface area contributed by atoms with E-state index in [4.69, 9.17) is 27.8 Å². The van der Waals surface area contributed by atoms with E-state index in [0.29, 0.717) is 52.4 Å². The fraction of sp³-hybridized carbons (Fsp3) is 0.880. The van der Waals surface area contributed by atoms with Crippen molar-refractivity contribution in [3.8, 4) is 0 Å². The molecule has 4 saturated heterocycles. The molecule has 0 aromatic rings. The van der Waals surface area contributed by atoms with Gasteiger partial charge in [-0.2, -0.15) is 0 Å². The fourth-order valence-electron chi connectivity index (χ4n) is 5.04. The van der Waals surface area contributed by atoms with Crippen molar-refractivity contribution in [2.45, 2.75) is 18.7 Å². The van der Waals surface area contributed by atoms with Crippen molar-refractivity contribution < 1.29 is 57.5 Å². The summed E-state index contributed by atoms with van der Waals surface area (Å²) in [5.74, 6) is -1.15. The van der Waals surface area contributed by atoms with Crippen molar-refractivity contribution in [1.82, 2.24) is 24.5 Å². The van der Waals surface area contributed by atoms with E-state index in [1.807, 2.05) is 14.7 Å². The Bertz CT molecular complexity index is 856. The van der Waals surface area contributed by atoms with Gasteiger partial charge in [-0.3, -0.25) is 4.79 Å². The first-order chi connectivity index (χ1) is 20.6. The fourth-order valence-corrected chi connectivity index (χ4v) is 7.00. The van der Waals surface area contributed by atoms with Gasteiger partial charge in [0.1, 0.15) is 0 Å². The van der Waals surface area contributed by atoms with E-state index in [1.54, 1.807) is 4.90 Å². The van der Waals surface area contributed by atoms with Gasteiger partial charge in [0.25, 0.3) is 0 Å². The van der Waals surface area contributed by atoms with E-state index >= 15 is 0 Å². The molecule has 2 bridgehead atoms. The summed E-state index contributed by atoms with van der Waals surface area (Å²) in [6, 6.07) is 0. The van der Waals surface area contributed by atoms with Crippen LogP contribution in [0.1, 0.15) is 0 Å². The molecule has 4 fully saturated rings. The van der Waals surface area contributed by atoms with Crippen LogP contribution >= 0.6 is 7.94 Å². The molecule has 3 N–H and O–H groups in total. The average molecular weight is 642 g/mol. The molecular formula is C25H48N5O12P. The second-order valence-electron chi connectivity index (χ2n) is 10.9. The Kier molecular flexibility index (Phi) is 14.8. The molecule has 2 atom stereocenters. The van der Waals surface area contributed by atoms with Crippen LogP contribution in [-0.2, 0) is 42.2 Å². The predicted octanol–water partition coefficient (Wildman–Crippen LogP) is -3.44. The third kappa shape index (κ3) is 12.0. The molecule has 18 heteroatoms. The van der Waals surface area contributed by atoms with Gasteiger partial charge in [0.15, 0.2) is 0 Å². The summed E-state index contributed by atoms with van der Waals surface area (Å²) in [5.41, 5.74) is 0. The molecule has 4 aliphatic heterocycles. The van der Waals surface area contributed by atoms with Crippen LogP contribution in [0.3, 0.4) is 0 Å². The van der Waals surface area contributed by atoms with E-state index in [9.17, 15) is 29.7 Å². The molecule has 0 spiro atoms. The van der Waals surface area contributed by atoms with Crippen LogP contribution in [0, 0.1) is 0 Å². The van der Waals surface area contributed by atoms with E-state index in [0.717, 1.165) is 0 Å². The zero-order valence-corrected chi connectivity index (χ0v) is 26.3. The van der Waals surface area contributed by atoms with Gasteiger partial charge < -0.3 is 4.74 Å². The van der Waals surface area contributed by atoms with Crippen LogP contribution in [0.15, 0.2) is 0 Å². The van der Waals surface area contributed by atoms with Crippen LogP contribution < -0.4 is 0 Å². The first-order valence-electron chi connectivity index (χ1n) is 14.4. The molecule has 0 aliphatic carbocycles. The molecule has 250 valence electrons. The van der Waals surface area contributed by atoms with Gasteiger partial charge in [-0.15, -0.1) is 0 Å². The Labute approximate surface area is 252 Å². The number of carbonyl (C=O) groups is 3. The van der Waals surface area contributed by atoms with Gasteiger partial charge in [-0.1, -0.05) is 0 Å². The molecule has 0 saturated carbocycles. The van der Waals surface area contributed by atoms with E-state index in [1.165, 1.54) is 21.3 Å². The van der Waals surface area contributed by atoms with Crippen molar-refractivity contribution in [2.24, 2.45) is 0 Å². The molecule has 43 heavy (non-hydrogen) atoms. The number of hydrogen-bond acceptors (Lipinski definition) is 17. The summed E-state index contributed by atoms with van der Waals surface area (Å²) in [6.45, 7) is 3.52. The summed E-state index contributed by atoms with van der Waals surface area (Å²) < 4.78 is 31.2. The number of methoxy groups -OCH3 is 3. The minimum atomic E-state index is -2.75. The number of hydrogen-bond donors (Lipinski definition) is 3. The quantitative estimate of drug-likeness (QED) is 0.0911. The van der Waals surface area contributed by atoms with E-state index in [2.05, 4.69) is 4.90 Å². The van der Waals surface area contributed by atoms with Gasteiger partial charge in [0.2, 0.25) is 0 Å². The zero-order valence-electron chi connectivity index (χ0n) is 25.3. The SMILES string of the molecule is COC(=O)CN1CCN(CC(=O)OC)CCN(CC(O)CN(CC(O)CO)C[PH]23OC(O2)O3)CCN(CC(=O)OC)CC1. The normalized spacial score (nSPS) is 24.4. The third-order valence-corrected chi connectivity index (χ3v) is 10.0. The summed E-state index contributed by atoms with van der Waals surface area (Å²) in [7, 11) is 1.24. The number of carbonyl (C=O) groups excluding carboxylic acids is 3. The average Bonchev–Trinajstić information content (AvgIpc) is 2.94. The van der Waals surface area contributed by atoms with Gasteiger partial charge >= 0.3 is 215 Å². The van der Waals surface area contributed by atoms with Crippen LogP contribution in [0.4, 0.5) is 0 Å². The van der Waals surface area contributed by atoms with Crippen LogP contribution in [0.5, 0.6) is 0 Å². The van der Waals surface area contributed by atoms with Crippen LogP contribution in [-0.4, -0.2) is 202 Å². The molecule has 0 aromatic carbocycles. The van der Waals surface area contributed by atoms with Gasteiger partial charge in [-0.05, 0) is 0 Å². The van der Waals surface area contributed by atoms with Crippen molar-refractivity contribution in [2.75, 3.05) is 126 Å². The topological polar surface area (TPSA) is 183 Å². The first kappa shape index (κ1) is 35.9. The maximum atomic E-state index is 12.1. The Hall–Kier alpha value is -1.60.